The van der Waals surface area contributed by atoms with Crippen molar-refractivity contribution in [2.45, 2.75) is 6.54 Å². The molecule has 2 aromatic carbocycles. The fraction of sp³-hybridized carbons (Fsp3) is 0.250. The number of nitrogens with zero attached hydrogens (tertiary/aromatic N) is 6. The Morgan fingerprint density at radius 3 is 2.30 bits per heavy atom. The molecule has 3 heterocycles. The number of hydrogen-bond acceptors (Lipinski definition) is 8. The average molecular weight is 443 g/mol. The average Bonchev–Trinajstić information content (AvgIpc) is 2.85. The summed E-state index contributed by atoms with van der Waals surface area (Å²) in [6.07, 6.45) is 2.90. The third kappa shape index (κ3) is 4.41. The van der Waals surface area contributed by atoms with Gasteiger partial charge in [0.2, 0.25) is 5.95 Å². The second-order valence-electron chi connectivity index (χ2n) is 8.17. The minimum Gasteiger partial charge on any atom is -0.369 e. The van der Waals surface area contributed by atoms with Gasteiger partial charge in [-0.25, -0.2) is 9.97 Å². The molecular formula is C24H26N8O. The summed E-state index contributed by atoms with van der Waals surface area (Å²) >= 11 is 0. The van der Waals surface area contributed by atoms with Gasteiger partial charge >= 0.3 is 0 Å². The minimum absolute atomic E-state index is 0.260. The van der Waals surface area contributed by atoms with Crippen molar-refractivity contribution in [2.75, 3.05) is 43.4 Å². The first kappa shape index (κ1) is 21.0. The van der Waals surface area contributed by atoms with Gasteiger partial charge in [-0.3, -0.25) is 9.36 Å². The van der Waals surface area contributed by atoms with Crippen LogP contribution >= 0.6 is 0 Å². The maximum atomic E-state index is 12.7. The van der Waals surface area contributed by atoms with Crippen LogP contribution in [0.25, 0.3) is 16.9 Å². The third-order valence-electron chi connectivity index (χ3n) is 5.92. The van der Waals surface area contributed by atoms with Crippen molar-refractivity contribution in [3.63, 3.8) is 0 Å². The van der Waals surface area contributed by atoms with Crippen LogP contribution in [0, 0.1) is 0 Å². The summed E-state index contributed by atoms with van der Waals surface area (Å²) < 4.78 is 1.53. The highest BCUT2D eigenvalue weighted by molar-refractivity contribution is 5.73. The third-order valence-corrected chi connectivity index (χ3v) is 5.92. The zero-order valence-corrected chi connectivity index (χ0v) is 18.5. The molecule has 0 saturated carbocycles. The highest BCUT2D eigenvalue weighted by Crippen LogP contribution is 2.22. The molecular weight excluding hydrogens is 416 g/mol. The molecule has 2 aromatic heterocycles. The Hall–Kier alpha value is -3.82. The molecule has 0 aliphatic carbocycles. The zero-order valence-electron chi connectivity index (χ0n) is 18.5. The van der Waals surface area contributed by atoms with E-state index >= 15 is 0 Å². The number of anilines is 3. The second kappa shape index (κ2) is 8.97. The Bertz CT molecular complexity index is 1310. The number of benzene rings is 2. The topological polar surface area (TPSA) is 105 Å². The number of fused-ring (bicyclic) bond motifs is 1. The first-order valence-corrected chi connectivity index (χ1v) is 11.0. The maximum Gasteiger partial charge on any atom is 0.275 e. The highest BCUT2D eigenvalue weighted by atomic mass is 16.1. The van der Waals surface area contributed by atoms with Crippen molar-refractivity contribution < 1.29 is 0 Å². The molecule has 168 valence electrons. The Kier molecular flexibility index (Phi) is 5.72. The molecule has 9 nitrogen and oxygen atoms in total. The van der Waals surface area contributed by atoms with Crippen LogP contribution in [0.3, 0.4) is 0 Å². The molecule has 1 fully saturated rings. The van der Waals surface area contributed by atoms with Gasteiger partial charge in [-0.15, -0.1) is 0 Å². The van der Waals surface area contributed by atoms with Gasteiger partial charge in [0.1, 0.15) is 5.52 Å². The first-order chi connectivity index (χ1) is 16.1. The van der Waals surface area contributed by atoms with E-state index in [-0.39, 0.29) is 5.56 Å². The lowest BCUT2D eigenvalue weighted by molar-refractivity contribution is 0.313. The maximum absolute atomic E-state index is 12.7. The number of piperazine rings is 1. The Morgan fingerprint density at radius 1 is 0.909 bits per heavy atom. The van der Waals surface area contributed by atoms with E-state index in [1.54, 1.807) is 6.20 Å². The SMILES string of the molecule is CN1CCN(c2ccc(Nc3ncc4ncc(=O)n(-c5ccc(CN)cc5)c4n3)cc2)CC1. The molecule has 0 spiro atoms. The van der Waals surface area contributed by atoms with Crippen molar-refractivity contribution in [1.82, 2.24) is 24.4 Å². The monoisotopic (exact) mass is 442 g/mol. The number of nitrogens with two attached hydrogens (primary N) is 1. The molecule has 0 bridgehead atoms. The van der Waals surface area contributed by atoms with Crippen molar-refractivity contribution in [3.05, 3.63) is 76.8 Å². The summed E-state index contributed by atoms with van der Waals surface area (Å²) in [5, 5.41) is 3.24. The van der Waals surface area contributed by atoms with Crippen molar-refractivity contribution >= 4 is 28.5 Å². The lowest BCUT2D eigenvalue weighted by Gasteiger charge is -2.34. The predicted octanol–water partition coefficient (Wildman–Crippen LogP) is 2.13. The van der Waals surface area contributed by atoms with Crippen molar-refractivity contribution in [2.24, 2.45) is 5.73 Å². The van der Waals surface area contributed by atoms with Gasteiger partial charge in [0.15, 0.2) is 5.65 Å². The van der Waals surface area contributed by atoms with E-state index in [9.17, 15) is 4.79 Å². The van der Waals surface area contributed by atoms with Crippen LogP contribution in [0.4, 0.5) is 17.3 Å². The summed E-state index contributed by atoms with van der Waals surface area (Å²) in [5.74, 6) is 0.398. The van der Waals surface area contributed by atoms with Gasteiger partial charge in [-0.1, -0.05) is 12.1 Å². The quantitative estimate of drug-likeness (QED) is 0.484. The second-order valence-corrected chi connectivity index (χ2v) is 8.17. The fourth-order valence-electron chi connectivity index (χ4n) is 3.95. The van der Waals surface area contributed by atoms with Crippen LogP contribution in [0.15, 0.2) is 65.7 Å². The van der Waals surface area contributed by atoms with Crippen LogP contribution in [-0.4, -0.2) is 57.6 Å². The number of rotatable bonds is 5. The molecule has 1 aliphatic rings. The van der Waals surface area contributed by atoms with E-state index in [0.717, 1.165) is 37.4 Å². The first-order valence-electron chi connectivity index (χ1n) is 11.0. The lowest BCUT2D eigenvalue weighted by Crippen LogP contribution is -2.44. The van der Waals surface area contributed by atoms with Crippen molar-refractivity contribution in [3.8, 4) is 5.69 Å². The number of hydrogen-bond donors (Lipinski definition) is 2. The summed E-state index contributed by atoms with van der Waals surface area (Å²) in [5.41, 5.74) is 10.2. The van der Waals surface area contributed by atoms with E-state index in [1.165, 1.54) is 16.5 Å². The van der Waals surface area contributed by atoms with E-state index in [0.29, 0.717) is 29.3 Å². The van der Waals surface area contributed by atoms with Gasteiger partial charge in [-0.2, -0.15) is 4.98 Å². The standard InChI is InChI=1S/C24H26N8O/c1-30-10-12-31(13-11-30)19-8-4-18(5-9-19)28-24-27-15-21-23(29-24)32(22(33)16-26-21)20-6-2-17(14-25)3-7-20/h2-9,15-16H,10-14,25H2,1H3,(H,27,28,29). The summed E-state index contributed by atoms with van der Waals surface area (Å²) in [4.78, 5) is 30.6. The number of aromatic nitrogens is 4. The fourth-order valence-corrected chi connectivity index (χ4v) is 3.95. The van der Waals surface area contributed by atoms with Crippen LogP contribution in [-0.2, 0) is 6.54 Å². The van der Waals surface area contributed by atoms with Gasteiger partial charge in [0.05, 0.1) is 18.1 Å². The van der Waals surface area contributed by atoms with Crippen LogP contribution in [0.5, 0.6) is 0 Å². The van der Waals surface area contributed by atoms with E-state index in [4.69, 9.17) is 5.73 Å². The Balaban J connectivity index is 1.42. The molecule has 9 heteroatoms. The smallest absolute Gasteiger partial charge is 0.275 e. The molecule has 3 N–H and O–H groups in total. The molecule has 1 aliphatic heterocycles. The molecule has 0 radical (unpaired) electrons. The van der Waals surface area contributed by atoms with E-state index in [2.05, 4.69) is 49.2 Å². The van der Waals surface area contributed by atoms with Gasteiger partial charge in [0.25, 0.3) is 5.56 Å². The van der Waals surface area contributed by atoms with Crippen LogP contribution < -0.4 is 21.5 Å². The normalized spacial score (nSPS) is 14.5. The predicted molar refractivity (Wildman–Crippen MR) is 130 cm³/mol. The van der Waals surface area contributed by atoms with E-state index in [1.807, 2.05) is 36.4 Å². The molecule has 0 atom stereocenters. The molecule has 1 saturated heterocycles. The highest BCUT2D eigenvalue weighted by Gasteiger charge is 2.14. The largest absolute Gasteiger partial charge is 0.369 e. The minimum atomic E-state index is -0.260. The van der Waals surface area contributed by atoms with Gasteiger partial charge < -0.3 is 20.9 Å². The van der Waals surface area contributed by atoms with Crippen molar-refractivity contribution in [1.29, 1.82) is 0 Å². The summed E-state index contributed by atoms with van der Waals surface area (Å²) in [6, 6.07) is 15.7. The lowest BCUT2D eigenvalue weighted by atomic mass is 10.2. The van der Waals surface area contributed by atoms with Gasteiger partial charge in [0, 0.05) is 44.1 Å². The van der Waals surface area contributed by atoms with Gasteiger partial charge in [-0.05, 0) is 49.0 Å². The molecule has 5 rings (SSSR count). The molecule has 33 heavy (non-hydrogen) atoms. The Morgan fingerprint density at radius 2 is 1.61 bits per heavy atom. The molecule has 0 amide bonds. The molecule has 4 aromatic rings. The summed E-state index contributed by atoms with van der Waals surface area (Å²) in [6.45, 7) is 4.61. The zero-order chi connectivity index (χ0) is 22.8. The number of nitrogens with one attached hydrogen (secondary N) is 1. The van der Waals surface area contributed by atoms with Crippen LogP contribution in [0.1, 0.15) is 5.56 Å². The molecule has 0 unspecified atom stereocenters. The Labute approximate surface area is 191 Å². The number of likely N-dealkylation sites (N-methyl/N-ethyl adjacent to an activating group) is 1. The van der Waals surface area contributed by atoms with Crippen LogP contribution in [0.2, 0.25) is 0 Å². The summed E-state index contributed by atoms with van der Waals surface area (Å²) in [7, 11) is 2.15. The van der Waals surface area contributed by atoms with E-state index < -0.39 is 0 Å².